The third-order valence-corrected chi connectivity index (χ3v) is 3.16. The lowest BCUT2D eigenvalue weighted by Crippen LogP contribution is -2.30. The summed E-state index contributed by atoms with van der Waals surface area (Å²) in [5.41, 5.74) is 7.80. The van der Waals surface area contributed by atoms with Crippen LogP contribution < -0.4 is 5.73 Å². The molecule has 0 radical (unpaired) electrons. The number of allylic oxidation sites excluding steroid dienone is 1. The predicted octanol–water partition coefficient (Wildman–Crippen LogP) is 3.50. The van der Waals surface area contributed by atoms with E-state index in [1.54, 1.807) is 6.07 Å². The topological polar surface area (TPSA) is 26.0 Å². The van der Waals surface area contributed by atoms with Crippen LogP contribution in [0.5, 0.6) is 0 Å². The van der Waals surface area contributed by atoms with Crippen LogP contribution in [0, 0.1) is 17.0 Å². The minimum atomic E-state index is -0.811. The molecule has 0 heterocycles. The van der Waals surface area contributed by atoms with Gasteiger partial charge < -0.3 is 5.73 Å². The van der Waals surface area contributed by atoms with Crippen LogP contribution >= 0.6 is 0 Å². The molecule has 0 fully saturated rings. The third-order valence-electron chi connectivity index (χ3n) is 3.16. The van der Waals surface area contributed by atoms with E-state index in [0.717, 1.165) is 24.0 Å². The highest BCUT2D eigenvalue weighted by molar-refractivity contribution is 5.67. The van der Waals surface area contributed by atoms with Crippen molar-refractivity contribution in [2.45, 2.75) is 32.7 Å². The van der Waals surface area contributed by atoms with Crippen LogP contribution in [0.1, 0.15) is 32.3 Å². The zero-order valence-electron chi connectivity index (χ0n) is 10.1. The maximum atomic E-state index is 13.2. The van der Waals surface area contributed by atoms with Crippen LogP contribution in [0.15, 0.2) is 24.3 Å². The van der Waals surface area contributed by atoms with E-state index in [0.29, 0.717) is 0 Å². The molecule has 0 saturated carbocycles. The Hall–Kier alpha value is -1.22. The fraction of sp³-hybridized carbons (Fsp3) is 0.429. The molecule has 0 spiro atoms. The molecule has 0 saturated heterocycles. The lowest BCUT2D eigenvalue weighted by Gasteiger charge is -2.33. The van der Waals surface area contributed by atoms with Crippen LogP contribution in [0.3, 0.4) is 0 Å². The molecule has 1 atom stereocenters. The zero-order valence-corrected chi connectivity index (χ0v) is 10.1. The van der Waals surface area contributed by atoms with Gasteiger partial charge in [0.15, 0.2) is 11.6 Å². The van der Waals surface area contributed by atoms with Gasteiger partial charge in [0.1, 0.15) is 0 Å². The second-order valence-electron chi connectivity index (χ2n) is 5.53. The molecule has 1 aromatic carbocycles. The number of halogens is 2. The summed E-state index contributed by atoms with van der Waals surface area (Å²) in [4.78, 5) is 0. The summed E-state index contributed by atoms with van der Waals surface area (Å²) in [6, 6.07) is 4.01. The first-order chi connectivity index (χ1) is 7.87. The summed E-state index contributed by atoms with van der Waals surface area (Å²) in [5, 5.41) is 0. The molecule has 1 aliphatic rings. The van der Waals surface area contributed by atoms with Crippen molar-refractivity contribution >= 4 is 5.57 Å². The summed E-state index contributed by atoms with van der Waals surface area (Å²) in [7, 11) is 0. The second-order valence-corrected chi connectivity index (χ2v) is 5.53. The molecule has 1 aromatic rings. The van der Waals surface area contributed by atoms with Crippen molar-refractivity contribution in [1.29, 1.82) is 0 Å². The molecule has 3 heteroatoms. The van der Waals surface area contributed by atoms with E-state index >= 15 is 0 Å². The van der Waals surface area contributed by atoms with Gasteiger partial charge in [-0.1, -0.05) is 26.0 Å². The van der Waals surface area contributed by atoms with Crippen LogP contribution in [0.25, 0.3) is 5.57 Å². The van der Waals surface area contributed by atoms with E-state index in [1.165, 1.54) is 12.1 Å². The van der Waals surface area contributed by atoms with E-state index < -0.39 is 11.6 Å². The quantitative estimate of drug-likeness (QED) is 0.795. The van der Waals surface area contributed by atoms with Gasteiger partial charge in [0.2, 0.25) is 0 Å². The summed E-state index contributed by atoms with van der Waals surface area (Å²) in [6.07, 6.45) is 3.71. The highest BCUT2D eigenvalue weighted by Crippen LogP contribution is 2.39. The third kappa shape index (κ3) is 2.72. The number of nitrogens with two attached hydrogens (primary N) is 1. The molecule has 0 aliphatic heterocycles. The molecular weight excluding hydrogens is 220 g/mol. The maximum absolute atomic E-state index is 13.2. The van der Waals surface area contributed by atoms with Gasteiger partial charge in [-0.3, -0.25) is 0 Å². The predicted molar refractivity (Wildman–Crippen MR) is 65.3 cm³/mol. The van der Waals surface area contributed by atoms with Gasteiger partial charge in [-0.05, 0) is 41.5 Å². The molecule has 0 bridgehead atoms. The summed E-state index contributed by atoms with van der Waals surface area (Å²) in [6.45, 7) is 4.28. The van der Waals surface area contributed by atoms with Crippen molar-refractivity contribution < 1.29 is 8.78 Å². The Morgan fingerprint density at radius 1 is 1.24 bits per heavy atom. The van der Waals surface area contributed by atoms with E-state index in [-0.39, 0.29) is 11.5 Å². The molecule has 0 amide bonds. The van der Waals surface area contributed by atoms with Gasteiger partial charge in [0.05, 0.1) is 0 Å². The summed E-state index contributed by atoms with van der Waals surface area (Å²) in [5.74, 6) is -1.62. The molecule has 0 aromatic heterocycles. The minimum absolute atomic E-state index is 0.0122. The summed E-state index contributed by atoms with van der Waals surface area (Å²) >= 11 is 0. The minimum Gasteiger partial charge on any atom is -0.324 e. The monoisotopic (exact) mass is 237 g/mol. The number of hydrogen-bond acceptors (Lipinski definition) is 1. The maximum Gasteiger partial charge on any atom is 0.159 e. The van der Waals surface area contributed by atoms with Crippen molar-refractivity contribution in [1.82, 2.24) is 0 Å². The highest BCUT2D eigenvalue weighted by Gasteiger charge is 2.27. The molecule has 2 rings (SSSR count). The molecule has 1 nitrogen and oxygen atoms in total. The fourth-order valence-electron chi connectivity index (χ4n) is 2.50. The van der Waals surface area contributed by atoms with Gasteiger partial charge in [-0.25, -0.2) is 8.78 Å². The SMILES string of the molecule is CC1(C)CC(c2ccc(F)c(F)c2)=CC(N)C1. The second kappa shape index (κ2) is 4.22. The Bertz CT molecular complexity index is 463. The summed E-state index contributed by atoms with van der Waals surface area (Å²) < 4.78 is 26.1. The standard InChI is InChI=1S/C14H17F2N/c1-14(2)7-10(5-11(17)8-14)9-3-4-12(15)13(16)6-9/h3-6,11H,7-8,17H2,1-2H3. The van der Waals surface area contributed by atoms with Crippen LogP contribution in [0.4, 0.5) is 8.78 Å². The van der Waals surface area contributed by atoms with Gasteiger partial charge in [-0.2, -0.15) is 0 Å². The van der Waals surface area contributed by atoms with Gasteiger partial charge >= 0.3 is 0 Å². The zero-order chi connectivity index (χ0) is 12.6. The van der Waals surface area contributed by atoms with E-state index in [2.05, 4.69) is 13.8 Å². The average Bonchev–Trinajstić information content (AvgIpc) is 2.19. The molecule has 92 valence electrons. The van der Waals surface area contributed by atoms with E-state index in [4.69, 9.17) is 5.73 Å². The normalized spacial score (nSPS) is 23.4. The molecule has 17 heavy (non-hydrogen) atoms. The molecular formula is C14H17F2N. The number of benzene rings is 1. The first-order valence-electron chi connectivity index (χ1n) is 5.79. The van der Waals surface area contributed by atoms with Crippen molar-refractivity contribution in [3.63, 3.8) is 0 Å². The Morgan fingerprint density at radius 2 is 1.94 bits per heavy atom. The van der Waals surface area contributed by atoms with Crippen molar-refractivity contribution in [3.05, 3.63) is 41.5 Å². The largest absolute Gasteiger partial charge is 0.324 e. The van der Waals surface area contributed by atoms with E-state index in [9.17, 15) is 8.78 Å². The molecule has 1 unspecified atom stereocenters. The lowest BCUT2D eigenvalue weighted by molar-refractivity contribution is 0.318. The van der Waals surface area contributed by atoms with E-state index in [1.807, 2.05) is 6.08 Å². The van der Waals surface area contributed by atoms with Gasteiger partial charge in [-0.15, -0.1) is 0 Å². The Kier molecular flexibility index (Phi) is 3.04. The first-order valence-corrected chi connectivity index (χ1v) is 5.79. The van der Waals surface area contributed by atoms with Crippen LogP contribution in [0.2, 0.25) is 0 Å². The number of hydrogen-bond donors (Lipinski definition) is 1. The molecule has 1 aliphatic carbocycles. The molecule has 2 N–H and O–H groups in total. The lowest BCUT2D eigenvalue weighted by atomic mass is 9.74. The van der Waals surface area contributed by atoms with Gasteiger partial charge in [0.25, 0.3) is 0 Å². The van der Waals surface area contributed by atoms with Crippen LogP contribution in [-0.4, -0.2) is 6.04 Å². The van der Waals surface area contributed by atoms with Crippen molar-refractivity contribution in [2.75, 3.05) is 0 Å². The smallest absolute Gasteiger partial charge is 0.159 e. The van der Waals surface area contributed by atoms with Gasteiger partial charge in [0, 0.05) is 6.04 Å². The van der Waals surface area contributed by atoms with Crippen LogP contribution in [-0.2, 0) is 0 Å². The highest BCUT2D eigenvalue weighted by atomic mass is 19.2. The Labute approximate surface area is 100 Å². The van der Waals surface area contributed by atoms with Crippen molar-refractivity contribution in [3.8, 4) is 0 Å². The Morgan fingerprint density at radius 3 is 2.53 bits per heavy atom. The van der Waals surface area contributed by atoms with Crippen molar-refractivity contribution in [2.24, 2.45) is 11.1 Å². The Balaban J connectivity index is 2.36. The average molecular weight is 237 g/mol. The number of rotatable bonds is 1. The fourth-order valence-corrected chi connectivity index (χ4v) is 2.50. The first kappa shape index (κ1) is 12.2.